The van der Waals surface area contributed by atoms with Gasteiger partial charge >= 0.3 is 0 Å². The first-order valence-corrected chi connectivity index (χ1v) is 5.27. The third kappa shape index (κ3) is 2.40. The molecule has 1 aromatic rings. The minimum atomic E-state index is -0.114. The smallest absolute Gasteiger partial charge is 0.293 e. The zero-order valence-corrected chi connectivity index (χ0v) is 9.84. The molecular weight excluding hydrogens is 204 g/mol. The topological polar surface area (TPSA) is 61.9 Å². The van der Waals surface area contributed by atoms with Crippen molar-refractivity contribution in [1.29, 1.82) is 5.26 Å². The molecule has 5 heteroatoms. The zero-order chi connectivity index (χ0) is 12.1. The summed E-state index contributed by atoms with van der Waals surface area (Å²) >= 11 is 0. The highest BCUT2D eigenvalue weighted by atomic mass is 16.1. The molecule has 1 unspecified atom stereocenters. The van der Waals surface area contributed by atoms with Crippen molar-refractivity contribution in [2.45, 2.75) is 32.9 Å². The van der Waals surface area contributed by atoms with Crippen LogP contribution in [0.5, 0.6) is 0 Å². The molecule has 1 rings (SSSR count). The van der Waals surface area contributed by atoms with Gasteiger partial charge in [-0.05, 0) is 13.8 Å². The van der Waals surface area contributed by atoms with Gasteiger partial charge in [-0.3, -0.25) is 4.79 Å². The molecule has 86 valence electrons. The Labute approximate surface area is 94.9 Å². The van der Waals surface area contributed by atoms with Gasteiger partial charge in [0.05, 0.1) is 12.5 Å². The molecule has 16 heavy (non-hydrogen) atoms. The van der Waals surface area contributed by atoms with Crippen LogP contribution in [0.2, 0.25) is 0 Å². The van der Waals surface area contributed by atoms with Gasteiger partial charge in [-0.15, -0.1) is 0 Å². The fraction of sp³-hybridized carbons (Fsp3) is 0.545. The van der Waals surface area contributed by atoms with Crippen molar-refractivity contribution in [3.05, 3.63) is 22.7 Å². The summed E-state index contributed by atoms with van der Waals surface area (Å²) in [6.07, 6.45) is 3.64. The largest absolute Gasteiger partial charge is 0.351 e. The van der Waals surface area contributed by atoms with Crippen molar-refractivity contribution in [3.63, 3.8) is 0 Å². The number of rotatable bonds is 4. The number of aromatic nitrogens is 2. The predicted octanol–water partition coefficient (Wildman–Crippen LogP) is 1.00. The van der Waals surface area contributed by atoms with E-state index in [1.165, 1.54) is 0 Å². The average Bonchev–Trinajstić information content (AvgIpc) is 2.29. The lowest BCUT2D eigenvalue weighted by molar-refractivity contribution is 0.663. The van der Waals surface area contributed by atoms with Gasteiger partial charge in [-0.25, -0.2) is 4.98 Å². The SMILES string of the molecule is CCn1ccnc(N(C)C(C)CC#N)c1=O. The predicted molar refractivity (Wildman–Crippen MR) is 62.3 cm³/mol. The molecule has 0 amide bonds. The van der Waals surface area contributed by atoms with E-state index in [0.717, 1.165) is 0 Å². The number of aryl methyl sites for hydroxylation is 1. The van der Waals surface area contributed by atoms with Crippen molar-refractivity contribution >= 4 is 5.82 Å². The van der Waals surface area contributed by atoms with Gasteiger partial charge in [-0.1, -0.05) is 0 Å². The van der Waals surface area contributed by atoms with E-state index in [9.17, 15) is 4.79 Å². The fourth-order valence-corrected chi connectivity index (χ4v) is 1.40. The molecule has 0 saturated carbocycles. The Morgan fingerprint density at radius 3 is 2.94 bits per heavy atom. The van der Waals surface area contributed by atoms with Crippen LogP contribution in [0.4, 0.5) is 5.82 Å². The van der Waals surface area contributed by atoms with Gasteiger partial charge in [0.2, 0.25) is 0 Å². The number of nitrogens with zero attached hydrogens (tertiary/aromatic N) is 4. The second-order valence-corrected chi connectivity index (χ2v) is 3.66. The minimum Gasteiger partial charge on any atom is -0.351 e. The van der Waals surface area contributed by atoms with E-state index in [4.69, 9.17) is 5.26 Å². The van der Waals surface area contributed by atoms with Crippen LogP contribution in [0.25, 0.3) is 0 Å². The lowest BCUT2D eigenvalue weighted by Gasteiger charge is -2.23. The minimum absolute atomic E-state index is 0.0158. The Kier molecular flexibility index (Phi) is 4.06. The van der Waals surface area contributed by atoms with Gasteiger partial charge in [0.1, 0.15) is 0 Å². The molecule has 0 aromatic carbocycles. The van der Waals surface area contributed by atoms with Crippen LogP contribution < -0.4 is 10.5 Å². The van der Waals surface area contributed by atoms with Crippen LogP contribution in [-0.2, 0) is 6.54 Å². The molecule has 0 spiro atoms. The summed E-state index contributed by atoms with van der Waals surface area (Å²) in [5.74, 6) is 0.395. The molecule has 0 radical (unpaired) electrons. The molecule has 0 fully saturated rings. The standard InChI is InChI=1S/C11H16N4O/c1-4-15-8-7-13-10(11(15)16)14(3)9(2)5-6-12/h7-9H,4-5H2,1-3H3. The molecule has 0 aliphatic heterocycles. The maximum atomic E-state index is 11.9. The maximum Gasteiger partial charge on any atom is 0.293 e. The van der Waals surface area contributed by atoms with Gasteiger partial charge in [-0.2, -0.15) is 5.26 Å². The van der Waals surface area contributed by atoms with Gasteiger partial charge in [0, 0.05) is 32.0 Å². The van der Waals surface area contributed by atoms with Crippen LogP contribution in [-0.4, -0.2) is 22.6 Å². The number of hydrogen-bond acceptors (Lipinski definition) is 4. The van der Waals surface area contributed by atoms with Crippen LogP contribution in [0.15, 0.2) is 17.2 Å². The van der Waals surface area contributed by atoms with E-state index in [-0.39, 0.29) is 11.6 Å². The lowest BCUT2D eigenvalue weighted by atomic mass is 10.2. The highest BCUT2D eigenvalue weighted by Crippen LogP contribution is 2.07. The monoisotopic (exact) mass is 220 g/mol. The third-order valence-corrected chi connectivity index (χ3v) is 2.62. The summed E-state index contributed by atoms with van der Waals surface area (Å²) < 4.78 is 1.60. The molecule has 0 aliphatic rings. The summed E-state index contributed by atoms with van der Waals surface area (Å²) in [5, 5.41) is 8.62. The number of hydrogen-bond donors (Lipinski definition) is 0. The molecule has 0 N–H and O–H groups in total. The first kappa shape index (κ1) is 12.2. The number of anilines is 1. The maximum absolute atomic E-state index is 11.9. The summed E-state index contributed by atoms with van der Waals surface area (Å²) in [4.78, 5) is 17.7. The zero-order valence-electron chi connectivity index (χ0n) is 9.84. The van der Waals surface area contributed by atoms with Crippen LogP contribution >= 0.6 is 0 Å². The summed E-state index contributed by atoms with van der Waals surface area (Å²) in [5.41, 5.74) is -0.114. The molecule has 5 nitrogen and oxygen atoms in total. The van der Waals surface area contributed by atoms with E-state index < -0.39 is 0 Å². The summed E-state index contributed by atoms with van der Waals surface area (Å²) in [6, 6.07) is 2.07. The third-order valence-electron chi connectivity index (χ3n) is 2.62. The second-order valence-electron chi connectivity index (χ2n) is 3.66. The molecule has 1 atom stereocenters. The highest BCUT2D eigenvalue weighted by molar-refractivity contribution is 5.35. The normalized spacial score (nSPS) is 11.9. The van der Waals surface area contributed by atoms with E-state index >= 15 is 0 Å². The summed E-state index contributed by atoms with van der Waals surface area (Å²) in [7, 11) is 1.78. The average molecular weight is 220 g/mol. The first-order valence-electron chi connectivity index (χ1n) is 5.27. The Morgan fingerprint density at radius 2 is 2.38 bits per heavy atom. The van der Waals surface area contributed by atoms with E-state index in [1.807, 2.05) is 13.8 Å². The van der Waals surface area contributed by atoms with E-state index in [0.29, 0.717) is 18.8 Å². The van der Waals surface area contributed by atoms with Gasteiger partial charge in [0.15, 0.2) is 5.82 Å². The van der Waals surface area contributed by atoms with Crippen LogP contribution in [0.3, 0.4) is 0 Å². The summed E-state index contributed by atoms with van der Waals surface area (Å²) in [6.45, 7) is 4.42. The van der Waals surface area contributed by atoms with Crippen LogP contribution in [0.1, 0.15) is 20.3 Å². The van der Waals surface area contributed by atoms with Gasteiger partial charge in [0.25, 0.3) is 5.56 Å². The van der Waals surface area contributed by atoms with Crippen LogP contribution in [0, 0.1) is 11.3 Å². The molecule has 0 bridgehead atoms. The Bertz CT molecular complexity index is 446. The first-order chi connectivity index (χ1) is 7.61. The van der Waals surface area contributed by atoms with Crippen molar-refractivity contribution in [2.75, 3.05) is 11.9 Å². The number of nitriles is 1. The molecular formula is C11H16N4O. The van der Waals surface area contributed by atoms with Crippen molar-refractivity contribution < 1.29 is 0 Å². The Balaban J connectivity index is 3.05. The van der Waals surface area contributed by atoms with Crippen molar-refractivity contribution in [3.8, 4) is 6.07 Å². The molecule has 1 heterocycles. The Hall–Kier alpha value is -1.83. The van der Waals surface area contributed by atoms with Crippen molar-refractivity contribution in [1.82, 2.24) is 9.55 Å². The highest BCUT2D eigenvalue weighted by Gasteiger charge is 2.14. The molecule has 1 aromatic heterocycles. The quantitative estimate of drug-likeness (QED) is 0.759. The Morgan fingerprint density at radius 1 is 1.69 bits per heavy atom. The second kappa shape index (κ2) is 5.31. The fourth-order valence-electron chi connectivity index (χ4n) is 1.40. The lowest BCUT2D eigenvalue weighted by Crippen LogP contribution is -2.36. The molecule has 0 saturated heterocycles. The molecule has 0 aliphatic carbocycles. The van der Waals surface area contributed by atoms with Gasteiger partial charge < -0.3 is 9.47 Å². The van der Waals surface area contributed by atoms with E-state index in [2.05, 4.69) is 11.1 Å². The van der Waals surface area contributed by atoms with E-state index in [1.54, 1.807) is 28.9 Å². The van der Waals surface area contributed by atoms with Crippen molar-refractivity contribution in [2.24, 2.45) is 0 Å².